The lowest BCUT2D eigenvalue weighted by Crippen LogP contribution is -2.23. The topological polar surface area (TPSA) is 12.9 Å². The maximum Gasteiger partial charge on any atom is 0.417 e. The summed E-state index contributed by atoms with van der Waals surface area (Å²) in [6.45, 7) is 4.39. The molecule has 2 aromatic carbocycles. The minimum absolute atomic E-state index is 0.0617. The molecule has 27 heavy (non-hydrogen) atoms. The lowest BCUT2D eigenvalue weighted by Gasteiger charge is -2.29. The van der Waals surface area contributed by atoms with E-state index in [0.717, 1.165) is 30.7 Å². The summed E-state index contributed by atoms with van der Waals surface area (Å²) in [7, 11) is 0. The molecular weight excluding hydrogens is 347 g/mol. The van der Waals surface area contributed by atoms with Crippen molar-refractivity contribution in [1.82, 2.24) is 4.98 Å². The van der Waals surface area contributed by atoms with Crippen LogP contribution in [0.4, 0.5) is 13.2 Å². The molecule has 0 saturated carbocycles. The van der Waals surface area contributed by atoms with Crippen LogP contribution in [-0.2, 0) is 11.6 Å². The maximum absolute atomic E-state index is 12.8. The van der Waals surface area contributed by atoms with Crippen molar-refractivity contribution in [2.75, 3.05) is 0 Å². The van der Waals surface area contributed by atoms with Crippen LogP contribution in [0.15, 0.2) is 60.8 Å². The third-order valence-corrected chi connectivity index (χ3v) is 5.86. The first-order chi connectivity index (χ1) is 12.9. The number of fused-ring (bicyclic) bond motifs is 3. The molecule has 0 unspecified atom stereocenters. The van der Waals surface area contributed by atoms with E-state index in [-0.39, 0.29) is 5.41 Å². The molecule has 1 heterocycles. The molecule has 3 aromatic rings. The van der Waals surface area contributed by atoms with Crippen LogP contribution in [0.5, 0.6) is 0 Å². The quantitative estimate of drug-likeness (QED) is 0.493. The van der Waals surface area contributed by atoms with Gasteiger partial charge < -0.3 is 0 Å². The summed E-state index contributed by atoms with van der Waals surface area (Å²) in [5, 5.41) is 0. The van der Waals surface area contributed by atoms with Crippen LogP contribution in [-0.4, -0.2) is 4.98 Å². The molecule has 0 atom stereocenters. The van der Waals surface area contributed by atoms with E-state index in [1.807, 2.05) is 6.07 Å². The standard InChI is InChI=1S/C23H20F3N/c1-3-22(4-2)19-8-6-5-7-17(19)18-11-9-15(13-20(18)22)21-12-10-16(14-27-21)23(24,25)26/h5-14H,3-4H2,1-2H3. The van der Waals surface area contributed by atoms with Crippen LogP contribution in [0.1, 0.15) is 43.4 Å². The summed E-state index contributed by atoms with van der Waals surface area (Å²) in [6.07, 6.45) is -1.52. The fourth-order valence-electron chi connectivity index (χ4n) is 4.36. The number of nitrogens with zero attached hydrogens (tertiary/aromatic N) is 1. The van der Waals surface area contributed by atoms with E-state index >= 15 is 0 Å². The van der Waals surface area contributed by atoms with E-state index in [1.54, 1.807) is 0 Å². The molecule has 4 heteroatoms. The molecule has 1 aromatic heterocycles. The Labute approximate surface area is 156 Å². The van der Waals surface area contributed by atoms with E-state index in [4.69, 9.17) is 0 Å². The van der Waals surface area contributed by atoms with Gasteiger partial charge in [0.05, 0.1) is 11.3 Å². The van der Waals surface area contributed by atoms with Crippen molar-refractivity contribution in [2.45, 2.75) is 38.3 Å². The number of rotatable bonds is 3. The molecule has 1 aliphatic rings. The number of alkyl halides is 3. The van der Waals surface area contributed by atoms with Crippen molar-refractivity contribution in [3.05, 3.63) is 77.5 Å². The fraction of sp³-hybridized carbons (Fsp3) is 0.261. The minimum Gasteiger partial charge on any atom is -0.256 e. The molecule has 0 N–H and O–H groups in total. The Kier molecular flexibility index (Phi) is 4.10. The Morgan fingerprint density at radius 2 is 1.56 bits per heavy atom. The SMILES string of the molecule is CCC1(CC)c2ccccc2-c2ccc(-c3ccc(C(F)(F)F)cn3)cc21. The summed E-state index contributed by atoms with van der Waals surface area (Å²) < 4.78 is 38.4. The van der Waals surface area contributed by atoms with Crippen LogP contribution >= 0.6 is 0 Å². The first-order valence-electron chi connectivity index (χ1n) is 9.18. The first-order valence-corrected chi connectivity index (χ1v) is 9.18. The van der Waals surface area contributed by atoms with E-state index in [1.165, 1.54) is 28.3 Å². The minimum atomic E-state index is -4.37. The van der Waals surface area contributed by atoms with Crippen molar-refractivity contribution in [2.24, 2.45) is 0 Å². The normalized spacial score (nSPS) is 14.7. The molecular formula is C23H20F3N. The first kappa shape index (κ1) is 17.8. The fourth-order valence-corrected chi connectivity index (χ4v) is 4.36. The lowest BCUT2D eigenvalue weighted by molar-refractivity contribution is -0.137. The number of pyridine rings is 1. The molecule has 4 rings (SSSR count). The second-order valence-electron chi connectivity index (χ2n) is 7.03. The van der Waals surface area contributed by atoms with Gasteiger partial charge in [-0.15, -0.1) is 0 Å². The lowest BCUT2D eigenvalue weighted by atomic mass is 9.73. The van der Waals surface area contributed by atoms with Crippen LogP contribution in [0.2, 0.25) is 0 Å². The van der Waals surface area contributed by atoms with Gasteiger partial charge in [-0.1, -0.05) is 50.2 Å². The van der Waals surface area contributed by atoms with Gasteiger partial charge >= 0.3 is 6.18 Å². The van der Waals surface area contributed by atoms with Crippen LogP contribution in [0.3, 0.4) is 0 Å². The number of benzene rings is 2. The highest BCUT2D eigenvalue weighted by Crippen LogP contribution is 2.53. The predicted molar refractivity (Wildman–Crippen MR) is 101 cm³/mol. The zero-order valence-electron chi connectivity index (χ0n) is 15.3. The van der Waals surface area contributed by atoms with Gasteiger partial charge in [0.25, 0.3) is 0 Å². The zero-order valence-corrected chi connectivity index (χ0v) is 15.3. The molecule has 0 fully saturated rings. The van der Waals surface area contributed by atoms with E-state index < -0.39 is 11.7 Å². The Morgan fingerprint density at radius 3 is 2.19 bits per heavy atom. The molecule has 0 radical (unpaired) electrons. The van der Waals surface area contributed by atoms with Crippen LogP contribution in [0.25, 0.3) is 22.4 Å². The highest BCUT2D eigenvalue weighted by molar-refractivity contribution is 5.83. The van der Waals surface area contributed by atoms with Crippen molar-refractivity contribution in [3.8, 4) is 22.4 Å². The van der Waals surface area contributed by atoms with Crippen molar-refractivity contribution >= 4 is 0 Å². The smallest absolute Gasteiger partial charge is 0.256 e. The third-order valence-electron chi connectivity index (χ3n) is 5.86. The summed E-state index contributed by atoms with van der Waals surface area (Å²) in [5.41, 5.74) is 5.66. The van der Waals surface area contributed by atoms with Crippen molar-refractivity contribution in [3.63, 3.8) is 0 Å². The van der Waals surface area contributed by atoms with Gasteiger partial charge in [-0.3, -0.25) is 4.98 Å². The Bertz CT molecular complexity index is 983. The second kappa shape index (κ2) is 6.22. The average molecular weight is 367 g/mol. The molecule has 0 aliphatic heterocycles. The highest BCUT2D eigenvalue weighted by atomic mass is 19.4. The van der Waals surface area contributed by atoms with Gasteiger partial charge in [0, 0.05) is 17.2 Å². The second-order valence-corrected chi connectivity index (χ2v) is 7.03. The largest absolute Gasteiger partial charge is 0.417 e. The van der Waals surface area contributed by atoms with E-state index in [2.05, 4.69) is 55.2 Å². The summed E-state index contributed by atoms with van der Waals surface area (Å²) in [5.74, 6) is 0. The number of hydrogen-bond acceptors (Lipinski definition) is 1. The van der Waals surface area contributed by atoms with Gasteiger partial charge in [-0.2, -0.15) is 13.2 Å². The molecule has 138 valence electrons. The predicted octanol–water partition coefficient (Wildman–Crippen LogP) is 6.85. The molecule has 1 nitrogen and oxygen atoms in total. The molecule has 0 spiro atoms. The third kappa shape index (κ3) is 2.66. The molecule has 1 aliphatic carbocycles. The van der Waals surface area contributed by atoms with Gasteiger partial charge in [-0.25, -0.2) is 0 Å². The summed E-state index contributed by atoms with van der Waals surface area (Å²) in [6, 6.07) is 17.2. The summed E-state index contributed by atoms with van der Waals surface area (Å²) >= 11 is 0. The molecule has 0 amide bonds. The number of halogens is 3. The average Bonchev–Trinajstić information content (AvgIpc) is 2.97. The van der Waals surface area contributed by atoms with Gasteiger partial charge in [-0.05, 0) is 53.3 Å². The van der Waals surface area contributed by atoms with Gasteiger partial charge in [0.2, 0.25) is 0 Å². The van der Waals surface area contributed by atoms with Crippen molar-refractivity contribution < 1.29 is 13.2 Å². The number of aromatic nitrogens is 1. The zero-order chi connectivity index (χ0) is 19.2. The number of hydrogen-bond donors (Lipinski definition) is 0. The Morgan fingerprint density at radius 1 is 0.852 bits per heavy atom. The van der Waals surface area contributed by atoms with E-state index in [9.17, 15) is 13.2 Å². The maximum atomic E-state index is 12.8. The Hall–Kier alpha value is -2.62. The van der Waals surface area contributed by atoms with E-state index in [0.29, 0.717) is 5.69 Å². The van der Waals surface area contributed by atoms with Gasteiger partial charge in [0.15, 0.2) is 0 Å². The van der Waals surface area contributed by atoms with Crippen molar-refractivity contribution in [1.29, 1.82) is 0 Å². The molecule has 0 bridgehead atoms. The van der Waals surface area contributed by atoms with Crippen LogP contribution in [0, 0.1) is 0 Å². The summed E-state index contributed by atoms with van der Waals surface area (Å²) in [4.78, 5) is 4.07. The monoisotopic (exact) mass is 367 g/mol. The highest BCUT2D eigenvalue weighted by Gasteiger charge is 2.40. The van der Waals surface area contributed by atoms with Gasteiger partial charge in [0.1, 0.15) is 0 Å². The molecule has 0 saturated heterocycles. The Balaban J connectivity index is 1.84. The van der Waals surface area contributed by atoms with Crippen LogP contribution < -0.4 is 0 Å².